The number of nitrogens with one attached hydrogen (secondary N) is 2. The molecule has 1 aliphatic carbocycles. The van der Waals surface area contributed by atoms with Crippen LogP contribution in [0.25, 0.3) is 0 Å². The summed E-state index contributed by atoms with van der Waals surface area (Å²) in [5.74, 6) is -3.05. The van der Waals surface area contributed by atoms with Gasteiger partial charge in [-0.1, -0.05) is 12.8 Å². The number of anilines is 1. The molecule has 0 unspecified atom stereocenters. The number of benzene rings is 2. The van der Waals surface area contributed by atoms with Crippen molar-refractivity contribution in [2.75, 3.05) is 5.32 Å². The normalized spacial score (nSPS) is 14.0. The second-order valence-electron chi connectivity index (χ2n) is 6.49. The van der Waals surface area contributed by atoms with Crippen LogP contribution in [0.3, 0.4) is 0 Å². The lowest BCUT2D eigenvalue weighted by atomic mass is 10.1. The number of aromatic carboxylic acids is 1. The van der Waals surface area contributed by atoms with Gasteiger partial charge in [-0.05, 0) is 55.3 Å². The predicted molar refractivity (Wildman–Crippen MR) is 97.5 cm³/mol. The highest BCUT2D eigenvalue weighted by molar-refractivity contribution is 6.05. The Kier molecular flexibility index (Phi) is 5.49. The number of halogens is 1. The molecule has 0 bridgehead atoms. The summed E-state index contributed by atoms with van der Waals surface area (Å²) in [4.78, 5) is 35.2. The maximum atomic E-state index is 14.0. The molecular formula is C20H19FN2O4. The molecule has 3 rings (SSSR count). The van der Waals surface area contributed by atoms with Crippen LogP contribution in [0.15, 0.2) is 42.5 Å². The fourth-order valence-corrected chi connectivity index (χ4v) is 3.07. The second-order valence-corrected chi connectivity index (χ2v) is 6.49. The smallest absolute Gasteiger partial charge is 0.335 e. The topological polar surface area (TPSA) is 95.5 Å². The first kappa shape index (κ1) is 18.6. The first-order chi connectivity index (χ1) is 12.9. The summed E-state index contributed by atoms with van der Waals surface area (Å²) in [7, 11) is 0. The Bertz CT molecular complexity index is 874. The van der Waals surface area contributed by atoms with Crippen molar-refractivity contribution < 1.29 is 23.9 Å². The van der Waals surface area contributed by atoms with E-state index in [2.05, 4.69) is 10.6 Å². The average molecular weight is 370 g/mol. The molecule has 0 aliphatic heterocycles. The number of hydrogen-bond donors (Lipinski definition) is 3. The quantitative estimate of drug-likeness (QED) is 0.751. The monoisotopic (exact) mass is 370 g/mol. The number of carboxylic acid groups (broad SMARTS) is 1. The van der Waals surface area contributed by atoms with Crippen molar-refractivity contribution in [1.82, 2.24) is 5.32 Å². The lowest BCUT2D eigenvalue weighted by molar-refractivity contribution is 0.0695. The van der Waals surface area contributed by atoms with Crippen molar-refractivity contribution in [3.63, 3.8) is 0 Å². The van der Waals surface area contributed by atoms with E-state index in [-0.39, 0.29) is 23.1 Å². The highest BCUT2D eigenvalue weighted by Gasteiger charge is 2.18. The predicted octanol–water partition coefficient (Wildman–Crippen LogP) is 3.45. The molecule has 27 heavy (non-hydrogen) atoms. The zero-order valence-electron chi connectivity index (χ0n) is 14.5. The van der Waals surface area contributed by atoms with Crippen LogP contribution in [-0.2, 0) is 0 Å². The minimum Gasteiger partial charge on any atom is -0.478 e. The zero-order chi connectivity index (χ0) is 19.4. The molecule has 0 heterocycles. The lowest BCUT2D eigenvalue weighted by Crippen LogP contribution is -2.32. The Balaban J connectivity index is 1.64. The van der Waals surface area contributed by atoms with Gasteiger partial charge < -0.3 is 15.7 Å². The van der Waals surface area contributed by atoms with Gasteiger partial charge >= 0.3 is 5.97 Å². The summed E-state index contributed by atoms with van der Waals surface area (Å²) < 4.78 is 14.0. The van der Waals surface area contributed by atoms with Crippen LogP contribution in [0, 0.1) is 5.82 Å². The van der Waals surface area contributed by atoms with Crippen molar-refractivity contribution >= 4 is 23.5 Å². The number of hydrogen-bond acceptors (Lipinski definition) is 3. The van der Waals surface area contributed by atoms with Crippen LogP contribution >= 0.6 is 0 Å². The maximum absolute atomic E-state index is 14.0. The molecule has 1 saturated carbocycles. The molecule has 2 amide bonds. The summed E-state index contributed by atoms with van der Waals surface area (Å²) in [6.07, 6.45) is 4.23. The summed E-state index contributed by atoms with van der Waals surface area (Å²) in [5.41, 5.74) is 0.390. The Labute approximate surface area is 155 Å². The van der Waals surface area contributed by atoms with Crippen molar-refractivity contribution in [3.8, 4) is 0 Å². The van der Waals surface area contributed by atoms with Crippen LogP contribution < -0.4 is 10.6 Å². The second kappa shape index (κ2) is 7.99. The van der Waals surface area contributed by atoms with Crippen LogP contribution in [-0.4, -0.2) is 28.9 Å². The van der Waals surface area contributed by atoms with Crippen LogP contribution in [0.4, 0.5) is 10.1 Å². The zero-order valence-corrected chi connectivity index (χ0v) is 14.5. The van der Waals surface area contributed by atoms with E-state index in [0.717, 1.165) is 43.9 Å². The molecule has 1 fully saturated rings. The number of rotatable bonds is 5. The molecular weight excluding hydrogens is 351 g/mol. The van der Waals surface area contributed by atoms with Gasteiger partial charge in [0.2, 0.25) is 0 Å². The Hall–Kier alpha value is -3.22. The van der Waals surface area contributed by atoms with Gasteiger partial charge in [-0.2, -0.15) is 0 Å². The van der Waals surface area contributed by atoms with E-state index >= 15 is 0 Å². The molecule has 0 saturated heterocycles. The summed E-state index contributed by atoms with van der Waals surface area (Å²) in [5, 5.41) is 14.3. The van der Waals surface area contributed by atoms with E-state index in [9.17, 15) is 18.8 Å². The average Bonchev–Trinajstić information content (AvgIpc) is 3.15. The van der Waals surface area contributed by atoms with Crippen molar-refractivity contribution in [2.24, 2.45) is 0 Å². The Morgan fingerprint density at radius 1 is 0.926 bits per heavy atom. The highest BCUT2D eigenvalue weighted by atomic mass is 19.1. The molecule has 6 nitrogen and oxygen atoms in total. The third-order valence-corrected chi connectivity index (χ3v) is 4.56. The first-order valence-corrected chi connectivity index (χ1v) is 8.69. The van der Waals surface area contributed by atoms with E-state index < -0.39 is 17.7 Å². The van der Waals surface area contributed by atoms with Crippen molar-refractivity contribution in [3.05, 3.63) is 65.0 Å². The van der Waals surface area contributed by atoms with Gasteiger partial charge in [-0.3, -0.25) is 9.59 Å². The number of amides is 2. The maximum Gasteiger partial charge on any atom is 0.335 e. The van der Waals surface area contributed by atoms with Gasteiger partial charge in [0.05, 0.1) is 11.1 Å². The third-order valence-electron chi connectivity index (χ3n) is 4.56. The number of carbonyl (C=O) groups is 3. The van der Waals surface area contributed by atoms with E-state index in [1.807, 2.05) is 0 Å². The fourth-order valence-electron chi connectivity index (χ4n) is 3.07. The number of carbonyl (C=O) groups excluding carboxylic acids is 2. The lowest BCUT2D eigenvalue weighted by Gasteiger charge is -2.12. The molecule has 2 aromatic rings. The molecule has 3 N–H and O–H groups in total. The largest absolute Gasteiger partial charge is 0.478 e. The van der Waals surface area contributed by atoms with Gasteiger partial charge in [-0.25, -0.2) is 9.18 Å². The molecule has 0 spiro atoms. The SMILES string of the molecule is O=C(O)c1ccc(C(=O)Nc2ccc(C(=O)NC3CCCC3)cc2)c(F)c1. The third kappa shape index (κ3) is 4.49. The van der Waals surface area contributed by atoms with E-state index in [1.54, 1.807) is 24.3 Å². The van der Waals surface area contributed by atoms with Gasteiger partial charge in [0.25, 0.3) is 11.8 Å². The molecule has 140 valence electrons. The minimum atomic E-state index is -1.27. The summed E-state index contributed by atoms with van der Waals surface area (Å²) >= 11 is 0. The molecule has 0 radical (unpaired) electrons. The van der Waals surface area contributed by atoms with Gasteiger partial charge in [0, 0.05) is 17.3 Å². The molecule has 0 aromatic heterocycles. The highest BCUT2D eigenvalue weighted by Crippen LogP contribution is 2.19. The van der Waals surface area contributed by atoms with Crippen molar-refractivity contribution in [2.45, 2.75) is 31.7 Å². The minimum absolute atomic E-state index is 0.157. The van der Waals surface area contributed by atoms with E-state index in [1.165, 1.54) is 0 Å². The van der Waals surface area contributed by atoms with E-state index in [0.29, 0.717) is 11.3 Å². The van der Waals surface area contributed by atoms with Gasteiger partial charge in [-0.15, -0.1) is 0 Å². The van der Waals surface area contributed by atoms with Gasteiger partial charge in [0.15, 0.2) is 0 Å². The summed E-state index contributed by atoms with van der Waals surface area (Å²) in [6, 6.07) is 9.60. The Morgan fingerprint density at radius 2 is 1.56 bits per heavy atom. The molecule has 7 heteroatoms. The van der Waals surface area contributed by atoms with Gasteiger partial charge in [0.1, 0.15) is 5.82 Å². The van der Waals surface area contributed by atoms with Crippen molar-refractivity contribution in [1.29, 1.82) is 0 Å². The fraction of sp³-hybridized carbons (Fsp3) is 0.250. The molecule has 0 atom stereocenters. The van der Waals surface area contributed by atoms with E-state index in [4.69, 9.17) is 5.11 Å². The summed E-state index contributed by atoms with van der Waals surface area (Å²) in [6.45, 7) is 0. The number of carboxylic acids is 1. The Morgan fingerprint density at radius 3 is 2.15 bits per heavy atom. The van der Waals surface area contributed by atoms with Crippen LogP contribution in [0.2, 0.25) is 0 Å². The van der Waals surface area contributed by atoms with Crippen LogP contribution in [0.1, 0.15) is 56.8 Å². The van der Waals surface area contributed by atoms with Crippen LogP contribution in [0.5, 0.6) is 0 Å². The first-order valence-electron chi connectivity index (χ1n) is 8.69. The molecule has 2 aromatic carbocycles. The standard InChI is InChI=1S/C20H19FN2O4/c21-17-11-13(20(26)27)7-10-16(17)19(25)23-15-8-5-12(6-9-15)18(24)22-14-3-1-2-4-14/h5-11,14H,1-4H2,(H,22,24)(H,23,25)(H,26,27). The molecule has 1 aliphatic rings.